The summed E-state index contributed by atoms with van der Waals surface area (Å²) in [5.41, 5.74) is 0.316. The maximum atomic E-state index is 12.7. The molecule has 3 rings (SSSR count). The van der Waals surface area contributed by atoms with E-state index < -0.39 is 21.0 Å². The van der Waals surface area contributed by atoms with E-state index in [0.29, 0.717) is 17.7 Å². The number of hydrogen-bond donors (Lipinski definition) is 1. The van der Waals surface area contributed by atoms with Gasteiger partial charge in [0.2, 0.25) is 5.89 Å². The van der Waals surface area contributed by atoms with Gasteiger partial charge in [0.25, 0.3) is 5.91 Å². The largest absolute Gasteiger partial charge is 0.403 e. The maximum Gasteiger partial charge on any atom is 0.322 e. The molecule has 0 radical (unpaired) electrons. The Labute approximate surface area is 143 Å². The number of halogens is 5. The second kappa shape index (κ2) is 5.27. The molecule has 0 saturated carbocycles. The van der Waals surface area contributed by atoms with Crippen molar-refractivity contribution in [3.63, 3.8) is 0 Å². The second-order valence-corrected chi connectivity index (χ2v) is 7.64. The smallest absolute Gasteiger partial charge is 0.322 e. The number of nitrogens with one attached hydrogen (secondary N) is 1. The molecule has 1 aromatic heterocycles. The molecule has 26 heavy (non-hydrogen) atoms. The van der Waals surface area contributed by atoms with Crippen LogP contribution in [0.25, 0.3) is 11.5 Å². The lowest BCUT2D eigenvalue weighted by molar-refractivity contribution is 0.102. The van der Waals surface area contributed by atoms with E-state index in [1.165, 1.54) is 0 Å². The Morgan fingerprint density at radius 3 is 2.08 bits per heavy atom. The van der Waals surface area contributed by atoms with E-state index in [2.05, 4.69) is 15.5 Å². The van der Waals surface area contributed by atoms with Gasteiger partial charge in [-0.15, -0.1) is 5.10 Å². The van der Waals surface area contributed by atoms with Gasteiger partial charge in [-0.25, -0.2) is 0 Å². The van der Waals surface area contributed by atoms with Crippen LogP contribution >= 0.6 is 10.2 Å². The summed E-state index contributed by atoms with van der Waals surface area (Å²) in [4.78, 5) is 9.90. The standard InChI is InChI=1S/C15H10F5N3O2S/c16-26(17,18,19,20)12-8-6-10(7-9-12)13(24)21-15-23-22-14(25-15)11-4-2-1-3-5-11/h1-9H,(H,21,23,24). The fourth-order valence-corrected chi connectivity index (χ4v) is 2.65. The van der Waals surface area contributed by atoms with Gasteiger partial charge in [0.15, 0.2) is 0 Å². The summed E-state index contributed by atoms with van der Waals surface area (Å²) >= 11 is 0. The third-order valence-corrected chi connectivity index (χ3v) is 4.39. The Balaban J connectivity index is 1.76. The SMILES string of the molecule is O=C(Nc1nnc(-c2ccccc2)o1)c1ccc(S(F)(F)(F)(F)F)cc1. The van der Waals surface area contributed by atoms with Gasteiger partial charge in [-0.05, 0) is 36.4 Å². The minimum Gasteiger partial charge on any atom is -0.403 e. The Morgan fingerprint density at radius 1 is 0.885 bits per heavy atom. The number of rotatable bonds is 4. The highest BCUT2D eigenvalue weighted by Gasteiger charge is 2.65. The van der Waals surface area contributed by atoms with Gasteiger partial charge in [-0.3, -0.25) is 10.1 Å². The Morgan fingerprint density at radius 2 is 1.50 bits per heavy atom. The molecular weight excluding hydrogens is 381 g/mol. The van der Waals surface area contributed by atoms with Gasteiger partial charge in [0, 0.05) is 11.1 Å². The van der Waals surface area contributed by atoms with Gasteiger partial charge >= 0.3 is 16.2 Å². The van der Waals surface area contributed by atoms with E-state index in [1.54, 1.807) is 30.3 Å². The summed E-state index contributed by atoms with van der Waals surface area (Å²) in [6.07, 6.45) is 0. The first-order valence-electron chi connectivity index (χ1n) is 6.97. The van der Waals surface area contributed by atoms with Crippen molar-refractivity contribution in [2.45, 2.75) is 4.90 Å². The first kappa shape index (κ1) is 17.9. The van der Waals surface area contributed by atoms with E-state index in [1.807, 2.05) is 0 Å². The van der Waals surface area contributed by atoms with Gasteiger partial charge < -0.3 is 4.42 Å². The lowest BCUT2D eigenvalue weighted by Gasteiger charge is -2.40. The van der Waals surface area contributed by atoms with Crippen molar-refractivity contribution in [3.05, 3.63) is 60.2 Å². The zero-order valence-corrected chi connectivity index (χ0v) is 13.5. The number of amides is 1. The molecule has 0 aliphatic heterocycles. The van der Waals surface area contributed by atoms with Crippen molar-refractivity contribution < 1.29 is 28.6 Å². The first-order valence-corrected chi connectivity index (χ1v) is 8.92. The number of aromatic nitrogens is 2. The fourth-order valence-electron chi connectivity index (χ4n) is 2.00. The van der Waals surface area contributed by atoms with Crippen LogP contribution in [-0.2, 0) is 0 Å². The maximum absolute atomic E-state index is 12.7. The summed E-state index contributed by atoms with van der Waals surface area (Å²) < 4.78 is 68.5. The monoisotopic (exact) mass is 391 g/mol. The lowest BCUT2D eigenvalue weighted by Crippen LogP contribution is -2.13. The van der Waals surface area contributed by atoms with Crippen LogP contribution < -0.4 is 5.32 Å². The molecule has 1 amide bonds. The minimum atomic E-state index is -9.78. The summed E-state index contributed by atoms with van der Waals surface area (Å²) in [5.74, 6) is -0.765. The first-order chi connectivity index (χ1) is 11.9. The van der Waals surface area contributed by atoms with E-state index in [0.717, 1.165) is 0 Å². The van der Waals surface area contributed by atoms with Crippen LogP contribution in [0.3, 0.4) is 0 Å². The average Bonchev–Trinajstić information content (AvgIpc) is 3.02. The quantitative estimate of drug-likeness (QED) is 0.584. The van der Waals surface area contributed by atoms with E-state index in [9.17, 15) is 24.2 Å². The molecule has 0 bridgehead atoms. The Kier molecular flexibility index (Phi) is 3.62. The molecule has 0 fully saturated rings. The zero-order chi connectivity index (χ0) is 19.1. The van der Waals surface area contributed by atoms with Crippen LogP contribution in [0, 0.1) is 0 Å². The van der Waals surface area contributed by atoms with Gasteiger partial charge in [0.1, 0.15) is 4.90 Å². The molecule has 1 N–H and O–H groups in total. The van der Waals surface area contributed by atoms with Crippen molar-refractivity contribution in [1.29, 1.82) is 0 Å². The van der Waals surface area contributed by atoms with Crippen molar-refractivity contribution in [1.82, 2.24) is 10.2 Å². The van der Waals surface area contributed by atoms with Crippen LogP contribution in [0.1, 0.15) is 10.4 Å². The van der Waals surface area contributed by atoms with Crippen molar-refractivity contribution >= 4 is 22.1 Å². The highest BCUT2D eigenvalue weighted by Crippen LogP contribution is 3.02. The number of carbonyl (C=O) groups is 1. The van der Waals surface area contributed by atoms with Crippen molar-refractivity contribution in [3.8, 4) is 11.5 Å². The molecule has 0 unspecified atom stereocenters. The van der Waals surface area contributed by atoms with Gasteiger partial charge in [-0.1, -0.05) is 42.7 Å². The predicted molar refractivity (Wildman–Crippen MR) is 85.5 cm³/mol. The molecule has 0 spiro atoms. The third-order valence-electron chi connectivity index (χ3n) is 3.23. The molecule has 3 aromatic rings. The molecule has 0 aliphatic rings. The molecule has 0 saturated heterocycles. The van der Waals surface area contributed by atoms with Crippen LogP contribution in [0.4, 0.5) is 25.4 Å². The second-order valence-electron chi connectivity index (χ2n) is 5.23. The summed E-state index contributed by atoms with van der Waals surface area (Å²) in [7, 11) is -9.78. The minimum absolute atomic E-state index is 0.122. The van der Waals surface area contributed by atoms with Gasteiger partial charge in [0.05, 0.1) is 0 Å². The summed E-state index contributed by atoms with van der Waals surface area (Å²) in [6.45, 7) is 0. The number of hydrogen-bond acceptors (Lipinski definition) is 4. The summed E-state index contributed by atoms with van der Waals surface area (Å²) in [6, 6.07) is 9.92. The van der Waals surface area contributed by atoms with Crippen molar-refractivity contribution in [2.24, 2.45) is 0 Å². The normalized spacial score (nSPS) is 14.3. The fraction of sp³-hybridized carbons (Fsp3) is 0. The molecule has 0 atom stereocenters. The van der Waals surface area contributed by atoms with Crippen molar-refractivity contribution in [2.75, 3.05) is 5.32 Å². The molecule has 2 aromatic carbocycles. The lowest BCUT2D eigenvalue weighted by atomic mass is 10.2. The van der Waals surface area contributed by atoms with Crippen LogP contribution in [0.2, 0.25) is 0 Å². The molecule has 5 nitrogen and oxygen atoms in total. The summed E-state index contributed by atoms with van der Waals surface area (Å²) in [5, 5.41) is 9.50. The topological polar surface area (TPSA) is 68.0 Å². The Hall–Kier alpha value is -2.95. The molecule has 138 valence electrons. The molecule has 0 aliphatic carbocycles. The highest BCUT2D eigenvalue weighted by molar-refractivity contribution is 8.45. The highest BCUT2D eigenvalue weighted by atomic mass is 32.5. The molecule has 1 heterocycles. The number of anilines is 1. The third kappa shape index (κ3) is 3.99. The number of carbonyl (C=O) groups excluding carboxylic acids is 1. The van der Waals surface area contributed by atoms with E-state index >= 15 is 0 Å². The predicted octanol–water partition coefficient (Wildman–Crippen LogP) is 5.65. The van der Waals surface area contributed by atoms with Crippen LogP contribution in [0.5, 0.6) is 0 Å². The zero-order valence-electron chi connectivity index (χ0n) is 12.7. The van der Waals surface area contributed by atoms with Crippen LogP contribution in [0.15, 0.2) is 63.9 Å². The Bertz CT molecular complexity index is 957. The van der Waals surface area contributed by atoms with E-state index in [4.69, 9.17) is 4.42 Å². The number of nitrogens with zero attached hydrogens (tertiary/aromatic N) is 2. The van der Waals surface area contributed by atoms with Crippen LogP contribution in [-0.4, -0.2) is 16.1 Å². The number of benzene rings is 2. The molecular formula is C15H10F5N3O2S. The average molecular weight is 391 g/mol. The molecule has 11 heteroatoms. The van der Waals surface area contributed by atoms with Gasteiger partial charge in [-0.2, -0.15) is 0 Å². The van der Waals surface area contributed by atoms with E-state index in [-0.39, 0.29) is 29.6 Å².